The molecule has 5 nitrogen and oxygen atoms in total. The molecular weight excluding hydrogens is 314 g/mol. The lowest BCUT2D eigenvalue weighted by Gasteiger charge is -2.11. The van der Waals surface area contributed by atoms with Gasteiger partial charge < -0.3 is 15.8 Å². The minimum atomic E-state index is -0.0811. The maximum Gasteiger partial charge on any atom is 0.224 e. The monoisotopic (exact) mass is 333 g/mol. The molecule has 0 bridgehead atoms. The number of benzene rings is 1. The molecule has 0 aliphatic rings. The highest BCUT2D eigenvalue weighted by Crippen LogP contribution is 2.28. The number of anilines is 1. The lowest BCUT2D eigenvalue weighted by molar-refractivity contribution is -0.116. The fourth-order valence-electron chi connectivity index (χ4n) is 1.92. The maximum atomic E-state index is 11.8. The zero-order valence-corrected chi connectivity index (χ0v) is 13.7. The average molecular weight is 334 g/mol. The summed E-state index contributed by atoms with van der Waals surface area (Å²) in [5.41, 5.74) is 7.23. The van der Waals surface area contributed by atoms with Crippen molar-refractivity contribution in [3.05, 3.63) is 53.3 Å². The first-order chi connectivity index (χ1) is 11.0. The first-order valence-electron chi connectivity index (χ1n) is 7.41. The molecule has 2 aromatic rings. The molecule has 0 aliphatic carbocycles. The maximum absolute atomic E-state index is 11.8. The Kier molecular flexibility index (Phi) is 6.38. The van der Waals surface area contributed by atoms with Crippen molar-refractivity contribution in [2.45, 2.75) is 32.4 Å². The third-order valence-electron chi connectivity index (χ3n) is 3.16. The molecule has 0 spiro atoms. The number of nitrogens with two attached hydrogens (primary N) is 1. The molecule has 1 atom stereocenters. The van der Waals surface area contributed by atoms with Gasteiger partial charge >= 0.3 is 0 Å². The van der Waals surface area contributed by atoms with E-state index in [1.54, 1.807) is 30.6 Å². The zero-order valence-electron chi connectivity index (χ0n) is 13.0. The third kappa shape index (κ3) is 5.88. The molecule has 0 saturated carbocycles. The van der Waals surface area contributed by atoms with Crippen LogP contribution < -0.4 is 15.8 Å². The van der Waals surface area contributed by atoms with Gasteiger partial charge in [-0.25, -0.2) is 0 Å². The second-order valence-corrected chi connectivity index (χ2v) is 5.77. The summed E-state index contributed by atoms with van der Waals surface area (Å²) in [6.45, 7) is 2.26. The molecule has 1 amide bonds. The lowest BCUT2D eigenvalue weighted by Crippen LogP contribution is -2.19. The molecule has 3 N–H and O–H groups in total. The van der Waals surface area contributed by atoms with Gasteiger partial charge in [0.25, 0.3) is 0 Å². The quantitative estimate of drug-likeness (QED) is 0.814. The van der Waals surface area contributed by atoms with Crippen LogP contribution in [0, 0.1) is 0 Å². The molecule has 6 heteroatoms. The van der Waals surface area contributed by atoms with E-state index >= 15 is 0 Å². The van der Waals surface area contributed by atoms with Crippen molar-refractivity contribution >= 4 is 23.2 Å². The van der Waals surface area contributed by atoms with Crippen LogP contribution in [0.25, 0.3) is 0 Å². The molecule has 0 fully saturated rings. The Balaban J connectivity index is 1.91. The average Bonchev–Trinajstić information content (AvgIpc) is 2.53. The summed E-state index contributed by atoms with van der Waals surface area (Å²) < 4.78 is 5.66. The second kappa shape index (κ2) is 8.50. The van der Waals surface area contributed by atoms with Gasteiger partial charge in [-0.2, -0.15) is 0 Å². The van der Waals surface area contributed by atoms with Gasteiger partial charge in [-0.3, -0.25) is 9.78 Å². The predicted octanol–water partition coefficient (Wildman–Crippen LogP) is 3.38. The highest BCUT2D eigenvalue weighted by molar-refractivity contribution is 6.32. The van der Waals surface area contributed by atoms with E-state index in [2.05, 4.69) is 10.3 Å². The summed E-state index contributed by atoms with van der Waals surface area (Å²) in [7, 11) is 0. The van der Waals surface area contributed by atoms with Gasteiger partial charge in [-0.1, -0.05) is 17.7 Å². The summed E-state index contributed by atoms with van der Waals surface area (Å²) in [5, 5.41) is 3.24. The van der Waals surface area contributed by atoms with Crippen molar-refractivity contribution in [1.82, 2.24) is 4.98 Å². The third-order valence-corrected chi connectivity index (χ3v) is 3.45. The molecule has 23 heavy (non-hydrogen) atoms. The Bertz CT molecular complexity index is 648. The molecule has 122 valence electrons. The summed E-state index contributed by atoms with van der Waals surface area (Å²) in [4.78, 5) is 15.8. The largest absolute Gasteiger partial charge is 0.487 e. The molecule has 1 aromatic carbocycles. The Hall–Kier alpha value is -2.11. The number of nitrogens with one attached hydrogen (secondary N) is 1. The normalized spacial score (nSPS) is 11.8. The lowest BCUT2D eigenvalue weighted by atomic mass is 10.2. The van der Waals surface area contributed by atoms with Crippen LogP contribution >= 0.6 is 11.6 Å². The van der Waals surface area contributed by atoms with Crippen LogP contribution in [0.3, 0.4) is 0 Å². The number of amides is 1. The Labute approximate surface area is 140 Å². The van der Waals surface area contributed by atoms with E-state index in [4.69, 9.17) is 22.1 Å². The van der Waals surface area contributed by atoms with Crippen LogP contribution in [-0.4, -0.2) is 16.9 Å². The molecule has 0 radical (unpaired) electrons. The Morgan fingerprint density at radius 1 is 1.43 bits per heavy atom. The number of aromatic nitrogens is 1. The highest BCUT2D eigenvalue weighted by Gasteiger charge is 2.07. The van der Waals surface area contributed by atoms with Crippen molar-refractivity contribution in [1.29, 1.82) is 0 Å². The van der Waals surface area contributed by atoms with Crippen LogP contribution in [0.15, 0.2) is 42.7 Å². The Morgan fingerprint density at radius 2 is 2.26 bits per heavy atom. The molecule has 2 rings (SSSR count). The number of carbonyl (C=O) groups is 1. The summed E-state index contributed by atoms with van der Waals surface area (Å²) in [5.74, 6) is 0.478. The van der Waals surface area contributed by atoms with Crippen molar-refractivity contribution in [3.8, 4) is 5.75 Å². The van der Waals surface area contributed by atoms with Crippen LogP contribution in [0.1, 0.15) is 25.3 Å². The van der Waals surface area contributed by atoms with Crippen LogP contribution in [-0.2, 0) is 11.4 Å². The highest BCUT2D eigenvalue weighted by atomic mass is 35.5. The van der Waals surface area contributed by atoms with Gasteiger partial charge in [0.2, 0.25) is 5.91 Å². The number of carbonyl (C=O) groups excluding carboxylic acids is 1. The number of halogens is 1. The SMILES string of the molecule is CC(N)CCC(=O)Nc1ccc(OCc2cccnc2)c(Cl)c1. The first-order valence-corrected chi connectivity index (χ1v) is 7.79. The van der Waals surface area contributed by atoms with Gasteiger partial charge in [-0.15, -0.1) is 0 Å². The standard InChI is InChI=1S/C17H20ClN3O2/c1-12(19)4-7-17(22)21-14-5-6-16(15(18)9-14)23-11-13-3-2-8-20-10-13/h2-3,5-6,8-10,12H,4,7,11,19H2,1H3,(H,21,22). The van der Waals surface area contributed by atoms with E-state index in [1.807, 2.05) is 19.1 Å². The minimum Gasteiger partial charge on any atom is -0.487 e. The molecule has 1 heterocycles. The van der Waals surface area contributed by atoms with E-state index < -0.39 is 0 Å². The summed E-state index contributed by atoms with van der Waals surface area (Å²) >= 11 is 6.19. The number of ether oxygens (including phenoxy) is 1. The molecule has 1 unspecified atom stereocenters. The van der Waals surface area contributed by atoms with Crippen molar-refractivity contribution in [2.75, 3.05) is 5.32 Å². The molecule has 1 aromatic heterocycles. The number of hydrogen-bond acceptors (Lipinski definition) is 4. The van der Waals surface area contributed by atoms with E-state index in [0.29, 0.717) is 35.9 Å². The Morgan fingerprint density at radius 3 is 2.91 bits per heavy atom. The van der Waals surface area contributed by atoms with Crippen molar-refractivity contribution < 1.29 is 9.53 Å². The summed E-state index contributed by atoms with van der Waals surface area (Å²) in [6, 6.07) is 8.94. The van der Waals surface area contributed by atoms with Crippen molar-refractivity contribution in [3.63, 3.8) is 0 Å². The van der Waals surface area contributed by atoms with Crippen LogP contribution in [0.4, 0.5) is 5.69 Å². The minimum absolute atomic E-state index is 0.00703. The van der Waals surface area contributed by atoms with E-state index in [0.717, 1.165) is 5.56 Å². The van der Waals surface area contributed by atoms with Gasteiger partial charge in [0.1, 0.15) is 12.4 Å². The predicted molar refractivity (Wildman–Crippen MR) is 91.5 cm³/mol. The van der Waals surface area contributed by atoms with E-state index in [9.17, 15) is 4.79 Å². The topological polar surface area (TPSA) is 77.2 Å². The zero-order chi connectivity index (χ0) is 16.7. The summed E-state index contributed by atoms with van der Waals surface area (Å²) in [6.07, 6.45) is 4.47. The van der Waals surface area contributed by atoms with Crippen LogP contribution in [0.2, 0.25) is 5.02 Å². The molecule has 0 aliphatic heterocycles. The van der Waals surface area contributed by atoms with Gasteiger partial charge in [-0.05, 0) is 37.6 Å². The smallest absolute Gasteiger partial charge is 0.224 e. The number of rotatable bonds is 7. The van der Waals surface area contributed by atoms with Gasteiger partial charge in [0.05, 0.1) is 5.02 Å². The van der Waals surface area contributed by atoms with Crippen molar-refractivity contribution in [2.24, 2.45) is 5.73 Å². The van der Waals surface area contributed by atoms with E-state index in [-0.39, 0.29) is 11.9 Å². The number of pyridine rings is 1. The second-order valence-electron chi connectivity index (χ2n) is 5.36. The fraction of sp³-hybridized carbons (Fsp3) is 0.294. The molecule has 0 saturated heterocycles. The fourth-order valence-corrected chi connectivity index (χ4v) is 2.16. The van der Waals surface area contributed by atoms with Gasteiger partial charge in [0, 0.05) is 36.1 Å². The van der Waals surface area contributed by atoms with E-state index in [1.165, 1.54) is 0 Å². The number of nitrogens with zero attached hydrogens (tertiary/aromatic N) is 1. The molecular formula is C17H20ClN3O2. The number of hydrogen-bond donors (Lipinski definition) is 2. The van der Waals surface area contributed by atoms with Gasteiger partial charge in [0.15, 0.2) is 0 Å². The van der Waals surface area contributed by atoms with Crippen LogP contribution in [0.5, 0.6) is 5.75 Å². The first kappa shape index (κ1) is 17.2.